The van der Waals surface area contributed by atoms with E-state index in [-0.39, 0.29) is 11.1 Å². The van der Waals surface area contributed by atoms with Crippen molar-refractivity contribution in [2.24, 2.45) is 0 Å². The van der Waals surface area contributed by atoms with Crippen molar-refractivity contribution in [3.05, 3.63) is 0 Å². The zero-order valence-corrected chi connectivity index (χ0v) is 15.9. The van der Waals surface area contributed by atoms with Crippen molar-refractivity contribution in [1.82, 2.24) is 4.90 Å². The molecule has 0 radical (unpaired) electrons. The van der Waals surface area contributed by atoms with Gasteiger partial charge in [-0.05, 0) is 73.1 Å². The Balaban J connectivity index is 2.42. The largest absolute Gasteiger partial charge is 0.420 e. The van der Waals surface area contributed by atoms with Gasteiger partial charge in [-0.1, -0.05) is 0 Å². The van der Waals surface area contributed by atoms with Gasteiger partial charge in [-0.15, -0.1) is 0 Å². The molecule has 0 amide bonds. The number of ether oxygens (including phenoxy) is 1. The van der Waals surface area contributed by atoms with E-state index in [2.05, 4.69) is 52.7 Å². The van der Waals surface area contributed by atoms with E-state index in [0.717, 1.165) is 25.9 Å². The average Bonchev–Trinajstić information content (AvgIpc) is 2.31. The van der Waals surface area contributed by atoms with E-state index in [9.17, 15) is 0 Å². The fourth-order valence-corrected chi connectivity index (χ4v) is 4.45. The second kappa shape index (κ2) is 6.47. The summed E-state index contributed by atoms with van der Waals surface area (Å²) in [6, 6.07) is 1.18. The Morgan fingerprint density at radius 2 is 1.60 bits per heavy atom. The van der Waals surface area contributed by atoms with Gasteiger partial charge in [-0.3, -0.25) is 4.90 Å². The van der Waals surface area contributed by atoms with Crippen molar-refractivity contribution >= 4 is 8.32 Å². The Morgan fingerprint density at radius 1 is 1.10 bits per heavy atom. The summed E-state index contributed by atoms with van der Waals surface area (Å²) >= 11 is 0. The van der Waals surface area contributed by atoms with Crippen LogP contribution in [0.1, 0.15) is 47.0 Å². The third-order valence-electron chi connectivity index (χ3n) is 5.10. The van der Waals surface area contributed by atoms with E-state index >= 15 is 0 Å². The predicted molar refractivity (Wildman–Crippen MR) is 88.8 cm³/mol. The Kier molecular flexibility index (Phi) is 5.87. The molecule has 0 bridgehead atoms. The van der Waals surface area contributed by atoms with Crippen LogP contribution in [-0.2, 0) is 9.16 Å². The lowest BCUT2D eigenvalue weighted by Crippen LogP contribution is -2.60. The lowest BCUT2D eigenvalue weighted by molar-refractivity contribution is -0.0912. The van der Waals surface area contributed by atoms with Crippen molar-refractivity contribution in [2.75, 3.05) is 20.8 Å². The summed E-state index contributed by atoms with van der Waals surface area (Å²) in [5.41, 5.74) is 0.430. The third kappa shape index (κ3) is 4.83. The van der Waals surface area contributed by atoms with E-state index in [1.165, 1.54) is 6.04 Å². The average molecular weight is 302 g/mol. The van der Waals surface area contributed by atoms with Gasteiger partial charge >= 0.3 is 0 Å². The highest BCUT2D eigenvalue weighted by molar-refractivity contribution is 6.71. The van der Waals surface area contributed by atoms with E-state index in [1.54, 1.807) is 0 Å². The molecule has 0 N–H and O–H groups in total. The Morgan fingerprint density at radius 3 is 2.05 bits per heavy atom. The van der Waals surface area contributed by atoms with Crippen LogP contribution in [0.4, 0.5) is 0 Å². The molecule has 20 heavy (non-hydrogen) atoms. The van der Waals surface area contributed by atoms with Crippen LogP contribution in [0, 0.1) is 0 Å². The van der Waals surface area contributed by atoms with E-state index in [4.69, 9.17) is 9.16 Å². The zero-order chi connectivity index (χ0) is 15.6. The standard InChI is InChI=1S/C16H35NO2Si/c1-15(2)12-14(13-16(3,4)17(15)5)19-10-9-11-20(7,8)18-6/h14H,9-13H2,1-8H3. The fourth-order valence-electron chi connectivity index (χ4n) is 3.25. The molecule has 1 rings (SSSR count). The number of nitrogens with zero attached hydrogens (tertiary/aromatic N) is 1. The highest BCUT2D eigenvalue weighted by atomic mass is 28.4. The summed E-state index contributed by atoms with van der Waals surface area (Å²) in [4.78, 5) is 2.50. The summed E-state index contributed by atoms with van der Waals surface area (Å²) in [7, 11) is 2.66. The molecule has 120 valence electrons. The molecule has 0 atom stereocenters. The molecule has 4 heteroatoms. The maximum Gasteiger partial charge on any atom is 0.186 e. The Hall–Kier alpha value is 0.0969. The minimum Gasteiger partial charge on any atom is -0.420 e. The smallest absolute Gasteiger partial charge is 0.186 e. The van der Waals surface area contributed by atoms with E-state index in [0.29, 0.717) is 6.10 Å². The van der Waals surface area contributed by atoms with Crippen LogP contribution in [0.5, 0.6) is 0 Å². The molecule has 1 aliphatic rings. The third-order valence-corrected chi connectivity index (χ3v) is 7.76. The zero-order valence-electron chi connectivity index (χ0n) is 14.9. The molecule has 0 aromatic rings. The van der Waals surface area contributed by atoms with Crippen LogP contribution >= 0.6 is 0 Å². The number of piperidine rings is 1. The Bertz CT molecular complexity index is 298. The highest BCUT2D eigenvalue weighted by Gasteiger charge is 2.43. The lowest BCUT2D eigenvalue weighted by Gasteiger charge is -2.53. The highest BCUT2D eigenvalue weighted by Crippen LogP contribution is 2.38. The second-order valence-corrected chi connectivity index (χ2v) is 12.6. The number of likely N-dealkylation sites (tertiary alicyclic amines) is 1. The van der Waals surface area contributed by atoms with E-state index < -0.39 is 8.32 Å². The van der Waals surface area contributed by atoms with Crippen LogP contribution in [-0.4, -0.2) is 51.2 Å². The summed E-state index contributed by atoms with van der Waals surface area (Å²) in [6.45, 7) is 14.7. The minimum atomic E-state index is -1.42. The first-order chi connectivity index (χ1) is 9.00. The van der Waals surface area contributed by atoms with Gasteiger partial charge in [0.2, 0.25) is 0 Å². The summed E-state index contributed by atoms with van der Waals surface area (Å²) in [6.07, 6.45) is 3.76. The molecule has 3 nitrogen and oxygen atoms in total. The SMILES string of the molecule is CO[Si](C)(C)CCCOC1CC(C)(C)N(C)C(C)(C)C1. The molecule has 1 saturated heterocycles. The molecule has 0 aromatic heterocycles. The van der Waals surface area contributed by atoms with Gasteiger partial charge in [0, 0.05) is 24.8 Å². The monoisotopic (exact) mass is 301 g/mol. The molecule has 1 heterocycles. The van der Waals surface area contributed by atoms with Gasteiger partial charge in [-0.25, -0.2) is 0 Å². The molecular formula is C16H35NO2Si. The molecule has 0 aromatic carbocycles. The lowest BCUT2D eigenvalue weighted by atomic mass is 9.79. The van der Waals surface area contributed by atoms with Crippen LogP contribution in [0.2, 0.25) is 19.1 Å². The van der Waals surface area contributed by atoms with Gasteiger partial charge in [0.05, 0.1) is 6.10 Å². The predicted octanol–water partition coefficient (Wildman–Crippen LogP) is 3.90. The molecule has 0 aliphatic carbocycles. The van der Waals surface area contributed by atoms with Gasteiger partial charge in [-0.2, -0.15) is 0 Å². The number of hydrogen-bond acceptors (Lipinski definition) is 3. The summed E-state index contributed by atoms with van der Waals surface area (Å²) in [5.74, 6) is 0. The summed E-state index contributed by atoms with van der Waals surface area (Å²) < 4.78 is 11.8. The normalized spacial score (nSPS) is 24.0. The minimum absolute atomic E-state index is 0.215. The van der Waals surface area contributed by atoms with E-state index in [1.807, 2.05) is 7.11 Å². The van der Waals surface area contributed by atoms with Crippen LogP contribution in [0.15, 0.2) is 0 Å². The van der Waals surface area contributed by atoms with Crippen molar-refractivity contribution in [3.63, 3.8) is 0 Å². The van der Waals surface area contributed by atoms with Gasteiger partial charge < -0.3 is 9.16 Å². The van der Waals surface area contributed by atoms with Crippen molar-refractivity contribution in [3.8, 4) is 0 Å². The van der Waals surface area contributed by atoms with Crippen LogP contribution in [0.3, 0.4) is 0 Å². The molecule has 0 saturated carbocycles. The molecule has 1 aliphatic heterocycles. The van der Waals surface area contributed by atoms with Crippen molar-refractivity contribution < 1.29 is 9.16 Å². The fraction of sp³-hybridized carbons (Fsp3) is 1.00. The molecule has 0 spiro atoms. The summed E-state index contributed by atoms with van der Waals surface area (Å²) in [5, 5.41) is 0. The van der Waals surface area contributed by atoms with Crippen molar-refractivity contribution in [2.45, 2.75) is 83.3 Å². The maximum absolute atomic E-state index is 6.18. The first kappa shape index (κ1) is 18.1. The quantitative estimate of drug-likeness (QED) is 0.549. The Labute approximate surface area is 127 Å². The van der Waals surface area contributed by atoms with Crippen LogP contribution < -0.4 is 0 Å². The maximum atomic E-state index is 6.18. The van der Waals surface area contributed by atoms with Crippen molar-refractivity contribution in [1.29, 1.82) is 0 Å². The first-order valence-corrected chi connectivity index (χ1v) is 11.0. The number of hydrogen-bond donors (Lipinski definition) is 0. The van der Waals surface area contributed by atoms with Gasteiger partial charge in [0.15, 0.2) is 8.32 Å². The second-order valence-electron chi connectivity index (χ2n) is 8.15. The number of rotatable bonds is 6. The first-order valence-electron chi connectivity index (χ1n) is 7.91. The topological polar surface area (TPSA) is 21.7 Å². The van der Waals surface area contributed by atoms with Gasteiger partial charge in [0.25, 0.3) is 0 Å². The molecule has 1 fully saturated rings. The molecular weight excluding hydrogens is 266 g/mol. The molecule has 0 unspecified atom stereocenters. The van der Waals surface area contributed by atoms with Gasteiger partial charge in [0.1, 0.15) is 0 Å². The van der Waals surface area contributed by atoms with Crippen LogP contribution in [0.25, 0.3) is 0 Å².